The van der Waals surface area contributed by atoms with Gasteiger partial charge >= 0.3 is 5.97 Å². The molecular formula is C54H72N12O14S2. The summed E-state index contributed by atoms with van der Waals surface area (Å²) in [5.74, 6) is -5.21. The number of nitrogens with one attached hydrogen (secondary N) is 10. The number of hydrazine groups is 1. The van der Waals surface area contributed by atoms with E-state index in [-0.39, 0.29) is 69.4 Å². The number of phenols is 1. The first kappa shape index (κ1) is 65.1. The van der Waals surface area contributed by atoms with Gasteiger partial charge in [-0.25, -0.2) is 10.6 Å². The summed E-state index contributed by atoms with van der Waals surface area (Å²) in [5.41, 5.74) is 10.1. The molecule has 0 spiro atoms. The van der Waals surface area contributed by atoms with E-state index in [1.54, 1.807) is 60.8 Å². The van der Waals surface area contributed by atoms with E-state index >= 15 is 0 Å². The van der Waals surface area contributed by atoms with Crippen molar-refractivity contribution in [2.75, 3.05) is 18.1 Å². The molecule has 1 aliphatic heterocycles. The zero-order valence-electron chi connectivity index (χ0n) is 45.2. The number of aromatic amines is 1. The predicted molar refractivity (Wildman–Crippen MR) is 304 cm³/mol. The third kappa shape index (κ3) is 20.3. The molecule has 0 saturated carbocycles. The minimum absolute atomic E-state index is 0.0540. The van der Waals surface area contributed by atoms with Crippen molar-refractivity contribution in [1.29, 1.82) is 0 Å². The number of aromatic nitrogens is 1. The maximum absolute atomic E-state index is 14.9. The van der Waals surface area contributed by atoms with Crippen LogP contribution in [0.2, 0.25) is 0 Å². The first-order valence-electron chi connectivity index (χ1n) is 26.5. The molecule has 0 bridgehead atoms. The predicted octanol–water partition coefficient (Wildman–Crippen LogP) is -1.69. The van der Waals surface area contributed by atoms with Gasteiger partial charge in [-0.3, -0.25) is 48.6 Å². The normalized spacial score (nSPS) is 21.1. The number of hydrogen-bond acceptors (Lipinski definition) is 17. The fourth-order valence-corrected chi connectivity index (χ4v) is 11.0. The standard InChI is InChI=1S/C54H72N12O14S2/c1-29(67)45-53(78)63-42(52(77)65-46(30(2)68)54(79)80)28-82-81-27-41(62-48(73)38(23-31-11-4-3-5-12-31)58-43(70)16-10-17-44(71)66-56)51(76)60-39(24-32-18-20-34(69)21-19-32)49(74)61-40(25-33-26-57-36-14-7-6-13-35(33)36)50(75)59-37(47(72)64-45)15-8-9-22-55/h3-7,11-14,18-21,26,29-30,37-42,45-46,57,67-69H,8-10,15-17,22-25,27-28,55-56H2,1-2H3,(H,58,70)(H,59,75)(H,60,76)(H,61,74)(H,62,73)(H,63,78)(H,64,72)(H,65,77)(H,66,71)(H,79,80)/t29?,30?,37-,38+,39-,40+,41-,42-,45-,46-/m0/s1. The van der Waals surface area contributed by atoms with Crippen molar-refractivity contribution >= 4 is 91.6 Å². The van der Waals surface area contributed by atoms with Crippen molar-refractivity contribution in [3.05, 3.63) is 102 Å². The molecule has 1 saturated heterocycles. The molecule has 28 heteroatoms. The Morgan fingerprint density at radius 3 is 1.96 bits per heavy atom. The fourth-order valence-electron chi connectivity index (χ4n) is 8.63. The van der Waals surface area contributed by atoms with E-state index < -0.39 is 125 Å². The van der Waals surface area contributed by atoms with Crippen molar-refractivity contribution < 1.29 is 68.4 Å². The number of aliphatic hydroxyl groups is 2. The number of para-hydroxylation sites is 1. The number of phenolic OH excluding ortho intramolecular Hbond substituents is 1. The number of rotatable bonds is 22. The van der Waals surface area contributed by atoms with Crippen LogP contribution in [0.15, 0.2) is 85.1 Å². The number of carbonyl (C=O) groups is 10. The Hall–Kier alpha value is -7.76. The SMILES string of the molecule is CC(O)[C@H](NC(=O)[C@@H]1CSSC[C@H](NC(=O)[C@@H](Cc2ccccc2)NC(=O)CCCC(=O)NN)C(=O)N[C@@H](Cc2ccc(O)cc2)C(=O)N[C@H](Cc2c[nH]c3ccccc23)C(=O)N[C@@H](CCCCN)C(=O)N[C@@H](C(C)O)C(=O)N1)C(=O)O. The van der Waals surface area contributed by atoms with Crippen molar-refractivity contribution in [2.45, 2.75) is 132 Å². The van der Waals surface area contributed by atoms with Gasteiger partial charge < -0.3 is 73.7 Å². The lowest BCUT2D eigenvalue weighted by atomic mass is 10.0. The van der Waals surface area contributed by atoms with Gasteiger partial charge in [0.1, 0.15) is 48.0 Å². The molecule has 2 unspecified atom stereocenters. The molecule has 0 aliphatic carbocycles. The number of carboxylic acids is 1. The number of hydrogen-bond donors (Lipinski definition) is 16. The Balaban J connectivity index is 1.61. The Labute approximate surface area is 480 Å². The van der Waals surface area contributed by atoms with E-state index in [0.717, 1.165) is 28.5 Å². The molecule has 444 valence electrons. The number of amides is 9. The van der Waals surface area contributed by atoms with Gasteiger partial charge in [0, 0.05) is 60.7 Å². The molecule has 2 heterocycles. The van der Waals surface area contributed by atoms with Crippen molar-refractivity contribution in [3.8, 4) is 5.75 Å². The number of aliphatic carboxylic acids is 1. The molecule has 9 amide bonds. The van der Waals surface area contributed by atoms with Crippen LogP contribution in [0.5, 0.6) is 5.75 Å². The summed E-state index contributed by atoms with van der Waals surface area (Å²) in [6.45, 7) is 2.50. The first-order valence-corrected chi connectivity index (χ1v) is 29.0. The van der Waals surface area contributed by atoms with Gasteiger partial charge in [0.25, 0.3) is 0 Å². The molecule has 1 aliphatic rings. The molecule has 4 aromatic rings. The second kappa shape index (κ2) is 32.6. The average molecular weight is 1180 g/mol. The van der Waals surface area contributed by atoms with Gasteiger partial charge in [-0.05, 0) is 81.0 Å². The number of H-pyrrole nitrogens is 1. The van der Waals surface area contributed by atoms with Crippen LogP contribution in [0, 0.1) is 0 Å². The lowest BCUT2D eigenvalue weighted by Crippen LogP contribution is -2.62. The molecule has 0 radical (unpaired) electrons. The largest absolute Gasteiger partial charge is 0.508 e. The quantitative estimate of drug-likeness (QED) is 0.0137. The number of unbranched alkanes of at least 4 members (excludes halogenated alkanes) is 1. The Morgan fingerprint density at radius 2 is 1.30 bits per heavy atom. The lowest BCUT2D eigenvalue weighted by molar-refractivity contribution is -0.145. The Morgan fingerprint density at radius 1 is 0.683 bits per heavy atom. The third-order valence-electron chi connectivity index (χ3n) is 13.2. The van der Waals surface area contributed by atoms with Crippen molar-refractivity contribution in [1.82, 2.24) is 52.9 Å². The highest BCUT2D eigenvalue weighted by Gasteiger charge is 2.37. The van der Waals surface area contributed by atoms with Crippen LogP contribution in [0.1, 0.15) is 69.1 Å². The molecule has 3 aromatic carbocycles. The molecule has 1 fully saturated rings. The highest BCUT2D eigenvalue weighted by Crippen LogP contribution is 2.25. The van der Waals surface area contributed by atoms with E-state index in [1.807, 2.05) is 5.43 Å². The van der Waals surface area contributed by atoms with Crippen LogP contribution in [0.25, 0.3) is 10.9 Å². The van der Waals surface area contributed by atoms with E-state index in [1.165, 1.54) is 31.2 Å². The minimum atomic E-state index is -1.86. The third-order valence-corrected chi connectivity index (χ3v) is 15.6. The van der Waals surface area contributed by atoms with Crippen molar-refractivity contribution in [2.24, 2.45) is 11.6 Å². The number of benzene rings is 3. The molecular weight excluding hydrogens is 1100 g/mol. The summed E-state index contributed by atoms with van der Waals surface area (Å²) in [4.78, 5) is 142. The molecule has 10 atom stereocenters. The lowest BCUT2D eigenvalue weighted by Gasteiger charge is -2.29. The summed E-state index contributed by atoms with van der Waals surface area (Å²) in [7, 11) is 1.74. The highest BCUT2D eigenvalue weighted by atomic mass is 33.1. The Kier molecular flexibility index (Phi) is 25.9. The zero-order valence-corrected chi connectivity index (χ0v) is 46.8. The number of aromatic hydroxyl groups is 1. The number of fused-ring (bicyclic) bond motifs is 1. The molecule has 26 nitrogen and oxygen atoms in total. The number of nitrogens with two attached hydrogens (primary N) is 2. The topological polar surface area (TPSA) is 428 Å². The van der Waals surface area contributed by atoms with Crippen LogP contribution in [0.4, 0.5) is 0 Å². The van der Waals surface area contributed by atoms with E-state index in [4.69, 9.17) is 11.6 Å². The van der Waals surface area contributed by atoms with Crippen molar-refractivity contribution in [3.63, 3.8) is 0 Å². The number of aliphatic hydroxyl groups excluding tert-OH is 2. The number of carbonyl (C=O) groups excluding carboxylic acids is 9. The fraction of sp³-hybridized carbons (Fsp3) is 0.444. The van der Waals surface area contributed by atoms with E-state index in [9.17, 15) is 68.4 Å². The van der Waals surface area contributed by atoms with Gasteiger partial charge in [0.15, 0.2) is 6.04 Å². The summed E-state index contributed by atoms with van der Waals surface area (Å²) < 4.78 is 0. The summed E-state index contributed by atoms with van der Waals surface area (Å²) in [6, 6.07) is 8.80. The van der Waals surface area contributed by atoms with Gasteiger partial charge in [0.05, 0.1) is 12.2 Å². The summed E-state index contributed by atoms with van der Waals surface area (Å²) in [6.07, 6.45) is -1.73. The Bertz CT molecular complexity index is 2840. The van der Waals surface area contributed by atoms with Gasteiger partial charge in [-0.15, -0.1) is 0 Å². The number of carboxylic acid groups (broad SMARTS) is 1. The van der Waals surface area contributed by atoms with E-state index in [0.29, 0.717) is 34.0 Å². The van der Waals surface area contributed by atoms with Crippen LogP contribution < -0.4 is 59.5 Å². The first-order chi connectivity index (χ1) is 39.2. The second-order valence-electron chi connectivity index (χ2n) is 19.6. The maximum Gasteiger partial charge on any atom is 0.328 e. The highest BCUT2D eigenvalue weighted by molar-refractivity contribution is 8.76. The van der Waals surface area contributed by atoms with Gasteiger partial charge in [0.2, 0.25) is 53.2 Å². The van der Waals surface area contributed by atoms with Gasteiger partial charge in [-0.1, -0.05) is 82.3 Å². The van der Waals surface area contributed by atoms with Crippen LogP contribution in [0.3, 0.4) is 0 Å². The zero-order chi connectivity index (χ0) is 59.9. The van der Waals surface area contributed by atoms with Crippen LogP contribution >= 0.6 is 21.6 Å². The van der Waals surface area contributed by atoms with Crippen LogP contribution in [-0.4, -0.2) is 163 Å². The molecule has 18 N–H and O–H groups in total. The molecule has 82 heavy (non-hydrogen) atoms. The van der Waals surface area contributed by atoms with Gasteiger partial charge in [-0.2, -0.15) is 0 Å². The maximum atomic E-state index is 14.9. The average Bonchev–Trinajstić information content (AvgIpc) is 3.91. The summed E-state index contributed by atoms with van der Waals surface area (Å²) in [5, 5.41) is 62.5. The minimum Gasteiger partial charge on any atom is -0.508 e. The monoisotopic (exact) mass is 1180 g/mol. The molecule has 1 aromatic heterocycles. The van der Waals surface area contributed by atoms with E-state index in [2.05, 4.69) is 47.5 Å². The second-order valence-corrected chi connectivity index (χ2v) is 22.2. The smallest absolute Gasteiger partial charge is 0.328 e. The summed E-state index contributed by atoms with van der Waals surface area (Å²) >= 11 is 0. The van der Waals surface area contributed by atoms with Crippen LogP contribution in [-0.2, 0) is 67.2 Å². The molecule has 5 rings (SSSR count).